The van der Waals surface area contributed by atoms with Crippen molar-refractivity contribution in [3.63, 3.8) is 0 Å². The van der Waals surface area contributed by atoms with Gasteiger partial charge in [-0.2, -0.15) is 0 Å². The lowest BCUT2D eigenvalue weighted by atomic mass is 9.78. The second-order valence-electron chi connectivity index (χ2n) is 3.53. The minimum atomic E-state index is -1.40. The summed E-state index contributed by atoms with van der Waals surface area (Å²) >= 11 is 0. The van der Waals surface area contributed by atoms with E-state index in [4.69, 9.17) is 10.8 Å². The Morgan fingerprint density at radius 1 is 1.33 bits per heavy atom. The van der Waals surface area contributed by atoms with Crippen LogP contribution in [0.2, 0.25) is 0 Å². The summed E-state index contributed by atoms with van der Waals surface area (Å²) in [5, 5.41) is 17.9. The van der Waals surface area contributed by atoms with Crippen molar-refractivity contribution in [3.8, 4) is 0 Å². The second kappa shape index (κ2) is 3.41. The lowest BCUT2D eigenvalue weighted by Crippen LogP contribution is -2.55. The third-order valence-electron chi connectivity index (χ3n) is 2.56. The van der Waals surface area contributed by atoms with Crippen molar-refractivity contribution in [2.75, 3.05) is 0 Å². The molecule has 0 bridgehead atoms. The molecule has 0 spiro atoms. The zero-order chi connectivity index (χ0) is 9.19. The van der Waals surface area contributed by atoms with Crippen LogP contribution in [-0.2, 0) is 4.79 Å². The van der Waals surface area contributed by atoms with Crippen LogP contribution < -0.4 is 5.73 Å². The predicted octanol–water partition coefficient (Wildman–Crippen LogP) is 0.0935. The highest BCUT2D eigenvalue weighted by atomic mass is 16.4. The Morgan fingerprint density at radius 3 is 2.25 bits per heavy atom. The number of aliphatic carboxylic acids is 1. The van der Waals surface area contributed by atoms with Crippen LogP contribution in [0.5, 0.6) is 0 Å². The lowest BCUT2D eigenvalue weighted by Gasteiger charge is -2.35. The Balaban J connectivity index is 2.62. The average Bonchev–Trinajstić information content (AvgIpc) is 2.04. The molecule has 4 nitrogen and oxygen atoms in total. The lowest BCUT2D eigenvalue weighted by molar-refractivity contribution is -0.151. The van der Waals surface area contributed by atoms with Gasteiger partial charge in [0.15, 0.2) is 6.10 Å². The molecule has 1 atom stereocenters. The first-order valence-electron chi connectivity index (χ1n) is 4.26. The number of carboxylic acid groups (broad SMARTS) is 1. The topological polar surface area (TPSA) is 83.5 Å². The van der Waals surface area contributed by atoms with Crippen molar-refractivity contribution in [1.29, 1.82) is 0 Å². The molecule has 4 N–H and O–H groups in total. The van der Waals surface area contributed by atoms with Gasteiger partial charge in [-0.1, -0.05) is 19.3 Å². The van der Waals surface area contributed by atoms with E-state index in [0.29, 0.717) is 12.8 Å². The summed E-state index contributed by atoms with van der Waals surface area (Å²) < 4.78 is 0. The summed E-state index contributed by atoms with van der Waals surface area (Å²) in [5.74, 6) is -1.21. The van der Waals surface area contributed by atoms with E-state index in [-0.39, 0.29) is 0 Å². The fourth-order valence-electron chi connectivity index (χ4n) is 1.73. The number of carbonyl (C=O) groups is 1. The molecule has 1 rings (SSSR count). The summed E-state index contributed by atoms with van der Waals surface area (Å²) in [6, 6.07) is 0. The zero-order valence-electron chi connectivity index (χ0n) is 6.99. The molecule has 1 saturated carbocycles. The van der Waals surface area contributed by atoms with E-state index < -0.39 is 17.6 Å². The fraction of sp³-hybridized carbons (Fsp3) is 0.875. The maximum absolute atomic E-state index is 10.5. The second-order valence-corrected chi connectivity index (χ2v) is 3.53. The summed E-state index contributed by atoms with van der Waals surface area (Å²) in [6.07, 6.45) is 2.74. The molecule has 70 valence electrons. The van der Waals surface area contributed by atoms with E-state index in [2.05, 4.69) is 0 Å². The standard InChI is InChI=1S/C8H15NO3/c9-8(6(10)7(11)12)4-2-1-3-5-8/h6,10H,1-5,9H2,(H,11,12). The van der Waals surface area contributed by atoms with Gasteiger partial charge in [-0.15, -0.1) is 0 Å². The highest BCUT2D eigenvalue weighted by molar-refractivity contribution is 5.73. The maximum Gasteiger partial charge on any atom is 0.334 e. The minimum absolute atomic E-state index is 0.612. The van der Waals surface area contributed by atoms with Gasteiger partial charge >= 0.3 is 5.97 Å². The number of nitrogens with two attached hydrogens (primary N) is 1. The van der Waals surface area contributed by atoms with E-state index in [1.165, 1.54) is 0 Å². The minimum Gasteiger partial charge on any atom is -0.479 e. The van der Waals surface area contributed by atoms with Crippen molar-refractivity contribution >= 4 is 5.97 Å². The largest absolute Gasteiger partial charge is 0.479 e. The first-order chi connectivity index (χ1) is 5.56. The van der Waals surface area contributed by atoms with Crippen molar-refractivity contribution in [2.45, 2.75) is 43.7 Å². The Kier molecular flexibility index (Phi) is 2.69. The van der Waals surface area contributed by atoms with E-state index in [0.717, 1.165) is 19.3 Å². The van der Waals surface area contributed by atoms with Gasteiger partial charge in [0.1, 0.15) is 0 Å². The van der Waals surface area contributed by atoms with Crippen molar-refractivity contribution < 1.29 is 15.0 Å². The molecule has 0 amide bonds. The van der Waals surface area contributed by atoms with Crippen LogP contribution in [0.15, 0.2) is 0 Å². The molecule has 1 fully saturated rings. The summed E-state index contributed by atoms with van der Waals surface area (Å²) in [4.78, 5) is 10.5. The van der Waals surface area contributed by atoms with Gasteiger partial charge in [0.25, 0.3) is 0 Å². The van der Waals surface area contributed by atoms with Crippen LogP contribution in [0.3, 0.4) is 0 Å². The van der Waals surface area contributed by atoms with Crippen LogP contribution in [0, 0.1) is 0 Å². The molecule has 12 heavy (non-hydrogen) atoms. The summed E-state index contributed by atoms with van der Waals surface area (Å²) in [7, 11) is 0. The van der Waals surface area contributed by atoms with Gasteiger partial charge in [-0.05, 0) is 12.8 Å². The number of hydrogen-bond donors (Lipinski definition) is 3. The van der Waals surface area contributed by atoms with Gasteiger partial charge in [-0.25, -0.2) is 4.79 Å². The molecular weight excluding hydrogens is 158 g/mol. The molecule has 4 heteroatoms. The molecule has 1 unspecified atom stereocenters. The third-order valence-corrected chi connectivity index (χ3v) is 2.56. The molecule has 0 aromatic carbocycles. The average molecular weight is 173 g/mol. The maximum atomic E-state index is 10.5. The van der Waals surface area contributed by atoms with Crippen LogP contribution in [0.4, 0.5) is 0 Å². The molecule has 0 aromatic heterocycles. The van der Waals surface area contributed by atoms with E-state index in [1.807, 2.05) is 0 Å². The molecular formula is C8H15NO3. The summed E-state index contributed by atoms with van der Waals surface area (Å²) in [5.41, 5.74) is 4.89. The van der Waals surface area contributed by atoms with Crippen LogP contribution in [0.25, 0.3) is 0 Å². The first kappa shape index (κ1) is 9.48. The molecule has 1 aliphatic rings. The van der Waals surface area contributed by atoms with Crippen LogP contribution in [0.1, 0.15) is 32.1 Å². The number of carboxylic acids is 1. The molecule has 0 saturated heterocycles. The van der Waals surface area contributed by atoms with E-state index in [1.54, 1.807) is 0 Å². The normalized spacial score (nSPS) is 24.8. The number of aliphatic hydroxyl groups excluding tert-OH is 1. The Hall–Kier alpha value is -0.610. The van der Waals surface area contributed by atoms with Gasteiger partial charge in [0.2, 0.25) is 0 Å². The molecule has 0 aliphatic heterocycles. The highest BCUT2D eigenvalue weighted by Gasteiger charge is 2.39. The molecule has 1 aliphatic carbocycles. The van der Waals surface area contributed by atoms with Crippen molar-refractivity contribution in [3.05, 3.63) is 0 Å². The Morgan fingerprint density at radius 2 is 1.83 bits per heavy atom. The number of hydrogen-bond acceptors (Lipinski definition) is 3. The first-order valence-corrected chi connectivity index (χ1v) is 4.26. The predicted molar refractivity (Wildman–Crippen MR) is 43.6 cm³/mol. The monoisotopic (exact) mass is 173 g/mol. The Bertz CT molecular complexity index is 175. The highest BCUT2D eigenvalue weighted by Crippen LogP contribution is 2.28. The fourth-order valence-corrected chi connectivity index (χ4v) is 1.73. The molecule has 0 aromatic rings. The van der Waals surface area contributed by atoms with Gasteiger partial charge in [-0.3, -0.25) is 0 Å². The third kappa shape index (κ3) is 1.76. The van der Waals surface area contributed by atoms with Gasteiger partial charge < -0.3 is 15.9 Å². The van der Waals surface area contributed by atoms with E-state index in [9.17, 15) is 9.90 Å². The van der Waals surface area contributed by atoms with Crippen molar-refractivity contribution in [1.82, 2.24) is 0 Å². The van der Waals surface area contributed by atoms with E-state index >= 15 is 0 Å². The van der Waals surface area contributed by atoms with Crippen LogP contribution in [-0.4, -0.2) is 27.8 Å². The smallest absolute Gasteiger partial charge is 0.334 e. The SMILES string of the molecule is NC1(C(O)C(=O)O)CCCCC1. The van der Waals surface area contributed by atoms with Gasteiger partial charge in [0.05, 0.1) is 5.54 Å². The zero-order valence-corrected chi connectivity index (χ0v) is 6.99. The number of rotatable bonds is 2. The Labute approximate surface area is 71.4 Å². The number of aliphatic hydroxyl groups is 1. The van der Waals surface area contributed by atoms with Crippen LogP contribution >= 0.6 is 0 Å². The quantitative estimate of drug-likeness (QED) is 0.552. The summed E-state index contributed by atoms with van der Waals surface area (Å²) in [6.45, 7) is 0. The van der Waals surface area contributed by atoms with Gasteiger partial charge in [0, 0.05) is 0 Å². The van der Waals surface area contributed by atoms with Crippen molar-refractivity contribution in [2.24, 2.45) is 5.73 Å². The molecule has 0 radical (unpaired) electrons. The molecule has 0 heterocycles.